The number of rotatable bonds is 3. The summed E-state index contributed by atoms with van der Waals surface area (Å²) in [7, 11) is 0. The van der Waals surface area contributed by atoms with Crippen molar-refractivity contribution in [2.24, 2.45) is 5.92 Å². The van der Waals surface area contributed by atoms with Crippen LogP contribution in [0.5, 0.6) is 0 Å². The molecule has 2 saturated heterocycles. The van der Waals surface area contributed by atoms with Crippen molar-refractivity contribution in [3.8, 4) is 6.07 Å². The highest BCUT2D eigenvalue weighted by Crippen LogP contribution is 2.24. The second kappa shape index (κ2) is 6.83. The molecule has 2 fully saturated rings. The minimum absolute atomic E-state index is 0.434. The molecule has 0 spiro atoms. The summed E-state index contributed by atoms with van der Waals surface area (Å²) in [6.07, 6.45) is 5.54. The summed E-state index contributed by atoms with van der Waals surface area (Å²) < 4.78 is 5.39. The van der Waals surface area contributed by atoms with Crippen molar-refractivity contribution in [2.45, 2.75) is 12.8 Å². The lowest BCUT2D eigenvalue weighted by Gasteiger charge is -2.36. The van der Waals surface area contributed by atoms with Crippen LogP contribution in [-0.4, -0.2) is 60.8 Å². The Balaban J connectivity index is 1.54. The Hall–Kier alpha value is -1.71. The molecule has 0 saturated carbocycles. The first-order valence-electron chi connectivity index (χ1n) is 7.63. The van der Waals surface area contributed by atoms with E-state index >= 15 is 0 Å². The fourth-order valence-electron chi connectivity index (χ4n) is 3.12. The van der Waals surface area contributed by atoms with E-state index in [4.69, 9.17) is 10.00 Å². The van der Waals surface area contributed by atoms with E-state index in [1.807, 2.05) is 0 Å². The van der Waals surface area contributed by atoms with E-state index in [1.165, 1.54) is 6.54 Å². The summed E-state index contributed by atoms with van der Waals surface area (Å²) in [6.45, 7) is 6.94. The van der Waals surface area contributed by atoms with Crippen LogP contribution < -0.4 is 4.90 Å². The SMILES string of the molecule is N#Cc1nccnc1N1CCC(CN2CCOCC2)CC1. The van der Waals surface area contributed by atoms with Crippen molar-refractivity contribution < 1.29 is 4.74 Å². The zero-order chi connectivity index (χ0) is 14.5. The van der Waals surface area contributed by atoms with Crippen molar-refractivity contribution in [2.75, 3.05) is 50.8 Å². The lowest BCUT2D eigenvalue weighted by Crippen LogP contribution is -2.43. The third-order valence-electron chi connectivity index (χ3n) is 4.32. The van der Waals surface area contributed by atoms with Gasteiger partial charge in [-0.15, -0.1) is 0 Å². The third-order valence-corrected chi connectivity index (χ3v) is 4.32. The molecule has 0 bridgehead atoms. The van der Waals surface area contributed by atoms with Gasteiger partial charge in [0.1, 0.15) is 6.07 Å². The van der Waals surface area contributed by atoms with E-state index in [9.17, 15) is 0 Å². The molecule has 3 heterocycles. The molecule has 0 atom stereocenters. The van der Waals surface area contributed by atoms with Crippen molar-refractivity contribution >= 4 is 5.82 Å². The van der Waals surface area contributed by atoms with E-state index in [2.05, 4.69) is 25.8 Å². The zero-order valence-electron chi connectivity index (χ0n) is 12.2. The number of aromatic nitrogens is 2. The molecule has 6 nitrogen and oxygen atoms in total. The predicted octanol–water partition coefficient (Wildman–Crippen LogP) is 0.897. The number of ether oxygens (including phenoxy) is 1. The molecule has 0 aliphatic carbocycles. The van der Waals surface area contributed by atoms with Crippen molar-refractivity contribution in [3.63, 3.8) is 0 Å². The predicted molar refractivity (Wildman–Crippen MR) is 78.9 cm³/mol. The van der Waals surface area contributed by atoms with Gasteiger partial charge < -0.3 is 9.64 Å². The average molecular weight is 287 g/mol. The molecule has 2 aliphatic rings. The van der Waals surface area contributed by atoms with Crippen LogP contribution in [0.25, 0.3) is 0 Å². The van der Waals surface area contributed by atoms with E-state index in [0.29, 0.717) is 5.69 Å². The van der Waals surface area contributed by atoms with Gasteiger partial charge in [-0.3, -0.25) is 4.90 Å². The van der Waals surface area contributed by atoms with Crippen LogP contribution in [0.4, 0.5) is 5.82 Å². The van der Waals surface area contributed by atoms with Gasteiger partial charge in [-0.05, 0) is 18.8 Å². The summed E-state index contributed by atoms with van der Waals surface area (Å²) in [5.41, 5.74) is 0.434. The van der Waals surface area contributed by atoms with Gasteiger partial charge in [0.15, 0.2) is 11.5 Å². The Morgan fingerprint density at radius 3 is 2.57 bits per heavy atom. The number of hydrogen-bond donors (Lipinski definition) is 0. The summed E-state index contributed by atoms with van der Waals surface area (Å²) in [4.78, 5) is 13.1. The summed E-state index contributed by atoms with van der Waals surface area (Å²) in [5.74, 6) is 1.48. The highest BCUT2D eigenvalue weighted by molar-refractivity contribution is 5.49. The van der Waals surface area contributed by atoms with Crippen molar-refractivity contribution in [3.05, 3.63) is 18.1 Å². The highest BCUT2D eigenvalue weighted by atomic mass is 16.5. The Morgan fingerprint density at radius 1 is 1.14 bits per heavy atom. The molecule has 6 heteroatoms. The van der Waals surface area contributed by atoms with Crippen LogP contribution in [0.2, 0.25) is 0 Å². The standard InChI is InChI=1S/C15H21N5O/c16-11-14-15(18-4-3-17-14)20-5-1-13(2-6-20)12-19-7-9-21-10-8-19/h3-4,13H,1-2,5-10,12H2. The second-order valence-electron chi connectivity index (χ2n) is 5.68. The molecule has 2 aliphatic heterocycles. The Bertz CT molecular complexity index is 501. The number of anilines is 1. The molecule has 0 N–H and O–H groups in total. The van der Waals surface area contributed by atoms with E-state index < -0.39 is 0 Å². The topological polar surface area (TPSA) is 65.3 Å². The van der Waals surface area contributed by atoms with Gasteiger partial charge in [-0.2, -0.15) is 5.26 Å². The van der Waals surface area contributed by atoms with Crippen molar-refractivity contribution in [1.29, 1.82) is 5.26 Å². The molecule has 0 amide bonds. The first-order chi connectivity index (χ1) is 10.4. The van der Waals surface area contributed by atoms with Gasteiger partial charge in [-0.1, -0.05) is 0 Å². The Morgan fingerprint density at radius 2 is 1.86 bits per heavy atom. The van der Waals surface area contributed by atoms with Gasteiger partial charge >= 0.3 is 0 Å². The fraction of sp³-hybridized carbons (Fsp3) is 0.667. The molecule has 0 unspecified atom stereocenters. The van der Waals surface area contributed by atoms with Gasteiger partial charge in [0, 0.05) is 45.1 Å². The van der Waals surface area contributed by atoms with Gasteiger partial charge in [0.25, 0.3) is 0 Å². The lowest BCUT2D eigenvalue weighted by molar-refractivity contribution is 0.0289. The number of morpholine rings is 1. The molecule has 112 valence electrons. The smallest absolute Gasteiger partial charge is 0.183 e. The minimum Gasteiger partial charge on any atom is -0.379 e. The molecular formula is C15H21N5O. The van der Waals surface area contributed by atoms with E-state index in [0.717, 1.165) is 64.0 Å². The molecular weight excluding hydrogens is 266 g/mol. The third kappa shape index (κ3) is 3.49. The van der Waals surface area contributed by atoms with Crippen LogP contribution in [0.3, 0.4) is 0 Å². The maximum Gasteiger partial charge on any atom is 0.183 e. The first-order valence-corrected chi connectivity index (χ1v) is 7.63. The minimum atomic E-state index is 0.434. The molecule has 1 aromatic rings. The fourth-order valence-corrected chi connectivity index (χ4v) is 3.12. The second-order valence-corrected chi connectivity index (χ2v) is 5.68. The lowest BCUT2D eigenvalue weighted by atomic mass is 9.96. The van der Waals surface area contributed by atoms with Crippen LogP contribution >= 0.6 is 0 Å². The maximum atomic E-state index is 9.12. The number of piperidine rings is 1. The quantitative estimate of drug-likeness (QED) is 0.823. The normalized spacial score (nSPS) is 21.2. The van der Waals surface area contributed by atoms with E-state index in [-0.39, 0.29) is 0 Å². The summed E-state index contributed by atoms with van der Waals surface area (Å²) in [6, 6.07) is 2.13. The van der Waals surface area contributed by atoms with Gasteiger partial charge in [0.05, 0.1) is 13.2 Å². The number of nitriles is 1. The maximum absolute atomic E-state index is 9.12. The zero-order valence-corrected chi connectivity index (χ0v) is 12.2. The number of hydrogen-bond acceptors (Lipinski definition) is 6. The molecule has 3 rings (SSSR count). The van der Waals surface area contributed by atoms with Gasteiger partial charge in [0.2, 0.25) is 0 Å². The van der Waals surface area contributed by atoms with Crippen LogP contribution in [0.15, 0.2) is 12.4 Å². The monoisotopic (exact) mass is 287 g/mol. The van der Waals surface area contributed by atoms with Gasteiger partial charge in [-0.25, -0.2) is 9.97 Å². The molecule has 21 heavy (non-hydrogen) atoms. The van der Waals surface area contributed by atoms with Crippen LogP contribution in [-0.2, 0) is 4.74 Å². The Kier molecular flexibility index (Phi) is 4.63. The first kappa shape index (κ1) is 14.2. The van der Waals surface area contributed by atoms with E-state index in [1.54, 1.807) is 12.4 Å². The highest BCUT2D eigenvalue weighted by Gasteiger charge is 2.24. The van der Waals surface area contributed by atoms with Crippen LogP contribution in [0, 0.1) is 17.2 Å². The van der Waals surface area contributed by atoms with Crippen molar-refractivity contribution in [1.82, 2.24) is 14.9 Å². The largest absolute Gasteiger partial charge is 0.379 e. The molecule has 0 radical (unpaired) electrons. The average Bonchev–Trinajstić information content (AvgIpc) is 2.56. The summed E-state index contributed by atoms with van der Waals surface area (Å²) in [5, 5.41) is 9.12. The van der Waals surface area contributed by atoms with Crippen LogP contribution in [0.1, 0.15) is 18.5 Å². The summed E-state index contributed by atoms with van der Waals surface area (Å²) >= 11 is 0. The number of nitrogens with zero attached hydrogens (tertiary/aromatic N) is 5. The molecule has 1 aromatic heterocycles. The molecule has 0 aromatic carbocycles. The Labute approximate surface area is 125 Å².